The van der Waals surface area contributed by atoms with Gasteiger partial charge in [0, 0.05) is 25.0 Å². The van der Waals surface area contributed by atoms with Crippen LogP contribution >= 0.6 is 0 Å². The number of amides is 1. The molecule has 1 amide bonds. The Balaban J connectivity index is 2.37. The molecule has 0 radical (unpaired) electrons. The van der Waals surface area contributed by atoms with Crippen molar-refractivity contribution in [3.05, 3.63) is 42.0 Å². The van der Waals surface area contributed by atoms with Crippen LogP contribution in [0.1, 0.15) is 51.0 Å². The number of aromatic nitrogens is 2. The molecule has 2 rings (SSSR count). The summed E-state index contributed by atoms with van der Waals surface area (Å²) < 4.78 is 0. The van der Waals surface area contributed by atoms with Crippen LogP contribution in [0.15, 0.2) is 41.3 Å². The molecule has 1 aromatic heterocycles. The normalized spacial score (nSPS) is 21.2. The van der Waals surface area contributed by atoms with Gasteiger partial charge in [-0.25, -0.2) is 4.99 Å². The lowest BCUT2D eigenvalue weighted by atomic mass is 10.0. The molecule has 1 unspecified atom stereocenters. The Bertz CT molecular complexity index is 746. The van der Waals surface area contributed by atoms with Gasteiger partial charge >= 0.3 is 0 Å². The number of nitrogens with one attached hydrogen (secondary N) is 1. The predicted octanol–water partition coefficient (Wildman–Crippen LogP) is 2.76. The van der Waals surface area contributed by atoms with Crippen LogP contribution in [-0.2, 0) is 4.79 Å². The lowest BCUT2D eigenvalue weighted by Crippen LogP contribution is -2.59. The number of aromatic amines is 1. The smallest absolute Gasteiger partial charge is 0.249 e. The van der Waals surface area contributed by atoms with Crippen molar-refractivity contribution < 1.29 is 9.59 Å². The lowest BCUT2D eigenvalue weighted by Gasteiger charge is -2.44. The van der Waals surface area contributed by atoms with Crippen molar-refractivity contribution in [2.45, 2.75) is 52.6 Å². The number of aliphatic imine (C=N–C) groups is 1. The SMILES string of the molecule is C=C(CC(=O)c1ccn[nH]1)N=C1/C(=C\C)N(C)C(=O)C(CC)N1C(C)C. The summed E-state index contributed by atoms with van der Waals surface area (Å²) in [6.45, 7) is 11.9. The van der Waals surface area contributed by atoms with Gasteiger partial charge in [-0.05, 0) is 33.3 Å². The minimum Gasteiger partial charge on any atom is -0.340 e. The summed E-state index contributed by atoms with van der Waals surface area (Å²) in [5.41, 5.74) is 1.60. The number of Topliss-reactive ketones (excluding diaryl/α,β-unsaturated/α-hetero) is 1. The van der Waals surface area contributed by atoms with E-state index in [1.54, 1.807) is 18.0 Å². The summed E-state index contributed by atoms with van der Waals surface area (Å²) in [6, 6.07) is 1.43. The Morgan fingerprint density at radius 1 is 1.50 bits per heavy atom. The number of allylic oxidation sites excluding steroid dienone is 2. The number of hydrogen-bond acceptors (Lipinski definition) is 4. The summed E-state index contributed by atoms with van der Waals surface area (Å²) >= 11 is 0. The highest BCUT2D eigenvalue weighted by Gasteiger charge is 2.39. The summed E-state index contributed by atoms with van der Waals surface area (Å²) in [5, 5.41) is 6.45. The maximum atomic E-state index is 12.7. The van der Waals surface area contributed by atoms with E-state index in [2.05, 4.69) is 21.8 Å². The fraction of sp³-hybridized carbons (Fsp3) is 0.474. The van der Waals surface area contributed by atoms with Gasteiger partial charge in [0.15, 0.2) is 11.6 Å². The largest absolute Gasteiger partial charge is 0.340 e. The van der Waals surface area contributed by atoms with Crippen molar-refractivity contribution in [2.75, 3.05) is 7.05 Å². The van der Waals surface area contributed by atoms with Crippen molar-refractivity contribution in [1.29, 1.82) is 0 Å². The highest BCUT2D eigenvalue weighted by atomic mass is 16.2. The van der Waals surface area contributed by atoms with E-state index >= 15 is 0 Å². The molecule has 1 aliphatic rings. The zero-order chi connectivity index (χ0) is 19.4. The Hall–Kier alpha value is -2.70. The van der Waals surface area contributed by atoms with Crippen molar-refractivity contribution in [1.82, 2.24) is 20.0 Å². The van der Waals surface area contributed by atoms with Gasteiger partial charge in [-0.2, -0.15) is 5.10 Å². The third-order valence-corrected chi connectivity index (χ3v) is 4.43. The quantitative estimate of drug-likeness (QED) is 0.794. The number of likely N-dealkylation sites (N-methyl/N-ethyl adjacent to an activating group) is 1. The van der Waals surface area contributed by atoms with Crippen LogP contribution < -0.4 is 0 Å². The second kappa shape index (κ2) is 8.12. The van der Waals surface area contributed by atoms with Crippen molar-refractivity contribution >= 4 is 17.5 Å². The molecule has 1 saturated heterocycles. The summed E-state index contributed by atoms with van der Waals surface area (Å²) in [6.07, 6.45) is 4.16. The molecule has 1 aromatic rings. The number of ketones is 1. The topological polar surface area (TPSA) is 81.7 Å². The average Bonchev–Trinajstić information content (AvgIpc) is 3.12. The number of piperazine rings is 1. The van der Waals surface area contributed by atoms with E-state index in [9.17, 15) is 9.59 Å². The molecular formula is C19H27N5O2. The Kier molecular flexibility index (Phi) is 6.13. The first-order valence-corrected chi connectivity index (χ1v) is 8.83. The van der Waals surface area contributed by atoms with E-state index in [1.807, 2.05) is 38.7 Å². The molecule has 0 aromatic carbocycles. The molecule has 2 heterocycles. The predicted molar refractivity (Wildman–Crippen MR) is 102 cm³/mol. The zero-order valence-corrected chi connectivity index (χ0v) is 16.1. The molecule has 1 N–H and O–H groups in total. The molecule has 7 heteroatoms. The molecule has 0 bridgehead atoms. The van der Waals surface area contributed by atoms with Gasteiger partial charge in [0.05, 0.1) is 12.1 Å². The second-order valence-electron chi connectivity index (χ2n) is 6.57. The Morgan fingerprint density at radius 2 is 2.19 bits per heavy atom. The highest BCUT2D eigenvalue weighted by Crippen LogP contribution is 2.26. The molecule has 26 heavy (non-hydrogen) atoms. The van der Waals surface area contributed by atoms with Crippen LogP contribution in [0, 0.1) is 0 Å². The van der Waals surface area contributed by atoms with Gasteiger partial charge in [0.25, 0.3) is 0 Å². The first-order valence-electron chi connectivity index (χ1n) is 8.83. The standard InChI is InChI=1S/C19H27N5O2/c1-7-15-18(21-13(5)11-17(25)14-9-10-20-22-14)24(12(3)4)16(8-2)19(26)23(15)6/h7,9-10,12,16H,5,8,11H2,1-4,6H3,(H,20,22)/b15-7+,21-18?. The molecule has 1 aliphatic heterocycles. The minimum atomic E-state index is -0.279. The maximum Gasteiger partial charge on any atom is 0.249 e. The fourth-order valence-electron chi connectivity index (χ4n) is 3.19. The van der Waals surface area contributed by atoms with E-state index in [1.165, 1.54) is 6.20 Å². The first kappa shape index (κ1) is 19.6. The van der Waals surface area contributed by atoms with Crippen molar-refractivity contribution in [2.24, 2.45) is 4.99 Å². The number of carbonyl (C=O) groups excluding carboxylic acids is 2. The number of nitrogens with zero attached hydrogens (tertiary/aromatic N) is 4. The number of rotatable bonds is 6. The first-order chi connectivity index (χ1) is 12.3. The van der Waals surface area contributed by atoms with Crippen LogP contribution in [0.2, 0.25) is 0 Å². The van der Waals surface area contributed by atoms with Gasteiger partial charge < -0.3 is 9.80 Å². The maximum absolute atomic E-state index is 12.7. The molecule has 140 valence electrons. The van der Waals surface area contributed by atoms with E-state index in [4.69, 9.17) is 0 Å². The van der Waals surface area contributed by atoms with Crippen molar-refractivity contribution in [3.8, 4) is 0 Å². The Morgan fingerprint density at radius 3 is 2.69 bits per heavy atom. The molecule has 7 nitrogen and oxygen atoms in total. The van der Waals surface area contributed by atoms with E-state index < -0.39 is 0 Å². The van der Waals surface area contributed by atoms with Gasteiger partial charge in [0.1, 0.15) is 11.7 Å². The van der Waals surface area contributed by atoms with E-state index in [-0.39, 0.29) is 30.2 Å². The number of amidine groups is 1. The second-order valence-corrected chi connectivity index (χ2v) is 6.57. The highest BCUT2D eigenvalue weighted by molar-refractivity contribution is 6.08. The zero-order valence-electron chi connectivity index (χ0n) is 16.1. The van der Waals surface area contributed by atoms with E-state index in [0.717, 1.165) is 5.70 Å². The van der Waals surface area contributed by atoms with Crippen LogP contribution in [-0.4, -0.2) is 56.7 Å². The van der Waals surface area contributed by atoms with Gasteiger partial charge in [-0.3, -0.25) is 14.7 Å². The van der Waals surface area contributed by atoms with Crippen molar-refractivity contribution in [3.63, 3.8) is 0 Å². The van der Waals surface area contributed by atoms with Gasteiger partial charge in [-0.1, -0.05) is 19.6 Å². The average molecular weight is 357 g/mol. The number of H-pyrrole nitrogens is 1. The number of carbonyl (C=O) groups is 2. The van der Waals surface area contributed by atoms with Gasteiger partial charge in [0.2, 0.25) is 5.91 Å². The monoisotopic (exact) mass is 357 g/mol. The third kappa shape index (κ3) is 3.76. The molecule has 1 atom stereocenters. The van der Waals surface area contributed by atoms with Crippen LogP contribution in [0.4, 0.5) is 0 Å². The van der Waals surface area contributed by atoms with Gasteiger partial charge in [-0.15, -0.1) is 0 Å². The fourth-order valence-corrected chi connectivity index (χ4v) is 3.19. The minimum absolute atomic E-state index is 0.0485. The summed E-state index contributed by atoms with van der Waals surface area (Å²) in [7, 11) is 1.76. The van der Waals surface area contributed by atoms with E-state index in [0.29, 0.717) is 23.6 Å². The summed E-state index contributed by atoms with van der Waals surface area (Å²) in [4.78, 5) is 33.3. The molecule has 0 aliphatic carbocycles. The molecule has 0 spiro atoms. The third-order valence-electron chi connectivity index (χ3n) is 4.43. The molecule has 1 fully saturated rings. The number of hydrogen-bond donors (Lipinski definition) is 1. The van der Waals surface area contributed by atoms with Crippen LogP contribution in [0.5, 0.6) is 0 Å². The Labute approximate surface area is 154 Å². The summed E-state index contributed by atoms with van der Waals surface area (Å²) in [5.74, 6) is 0.605. The lowest BCUT2D eigenvalue weighted by molar-refractivity contribution is -0.134. The molecule has 0 saturated carbocycles. The molecular weight excluding hydrogens is 330 g/mol. The van der Waals surface area contributed by atoms with Crippen LogP contribution in [0.25, 0.3) is 0 Å². The van der Waals surface area contributed by atoms with Crippen LogP contribution in [0.3, 0.4) is 0 Å².